The van der Waals surface area contributed by atoms with Gasteiger partial charge in [0.05, 0.1) is 27.8 Å². The third-order valence-corrected chi connectivity index (χ3v) is 9.77. The number of allylic oxidation sites excluding steroid dienone is 1. The molecule has 9 aromatic rings. The zero-order valence-electron chi connectivity index (χ0n) is 27.6. The Kier molecular flexibility index (Phi) is 6.73. The van der Waals surface area contributed by atoms with Gasteiger partial charge in [-0.2, -0.15) is 0 Å². The van der Waals surface area contributed by atoms with Gasteiger partial charge >= 0.3 is 0 Å². The molecule has 0 spiro atoms. The standard InChI is InChI=1S/C47H30N4/c1-4-15-32(16-5-1)34-19-14-20-35(29-34)42-28-27-41(33-17-6-2-7-18-33)48-47(49-42)51-44-26-13-11-24-38(44)40-30-39-37-23-10-12-25-43(37)50(45(39)31-46(40)51)36-21-8-3-9-22-36/h1-27,29-31H. The van der Waals surface area contributed by atoms with Gasteiger partial charge in [-0.3, -0.25) is 4.57 Å². The van der Waals surface area contributed by atoms with Crippen LogP contribution in [-0.2, 0) is 0 Å². The van der Waals surface area contributed by atoms with Crippen LogP contribution in [0.2, 0.25) is 0 Å². The predicted octanol–water partition coefficient (Wildman–Crippen LogP) is 11.5. The molecule has 1 aliphatic heterocycles. The molecule has 0 atom stereocenters. The topological polar surface area (TPSA) is 34.6 Å². The first-order valence-electron chi connectivity index (χ1n) is 17.2. The van der Waals surface area contributed by atoms with Crippen LogP contribution in [0.3, 0.4) is 0 Å². The van der Waals surface area contributed by atoms with Crippen molar-refractivity contribution in [1.82, 2.24) is 9.13 Å². The number of fused-ring (bicyclic) bond motifs is 6. The maximum atomic E-state index is 5.36. The minimum Gasteiger partial charge on any atom is -0.309 e. The van der Waals surface area contributed by atoms with Gasteiger partial charge < -0.3 is 4.57 Å². The van der Waals surface area contributed by atoms with Crippen molar-refractivity contribution in [2.24, 2.45) is 9.98 Å². The lowest BCUT2D eigenvalue weighted by Gasteiger charge is -2.11. The van der Waals surface area contributed by atoms with Crippen LogP contribution in [0.4, 0.5) is 0 Å². The summed E-state index contributed by atoms with van der Waals surface area (Å²) in [7, 11) is 0. The monoisotopic (exact) mass is 650 g/mol. The Balaban J connectivity index is 1.27. The van der Waals surface area contributed by atoms with E-state index in [4.69, 9.17) is 9.98 Å². The van der Waals surface area contributed by atoms with Crippen LogP contribution < -0.4 is 0 Å². The molecular weight excluding hydrogens is 621 g/mol. The van der Waals surface area contributed by atoms with Crippen LogP contribution in [0.1, 0.15) is 11.1 Å². The smallest absolute Gasteiger partial charge is 0.236 e. The van der Waals surface area contributed by atoms with Gasteiger partial charge in [0.2, 0.25) is 5.96 Å². The number of aromatic nitrogens is 2. The summed E-state index contributed by atoms with van der Waals surface area (Å²) in [4.78, 5) is 10.7. The fourth-order valence-corrected chi connectivity index (χ4v) is 7.42. The molecule has 1 aliphatic rings. The zero-order chi connectivity index (χ0) is 33.7. The quantitative estimate of drug-likeness (QED) is 0.170. The van der Waals surface area contributed by atoms with Crippen LogP contribution in [0.15, 0.2) is 198 Å². The molecule has 0 fully saturated rings. The Hall–Kier alpha value is -7.00. The fourth-order valence-electron chi connectivity index (χ4n) is 7.42. The number of hydrogen-bond donors (Lipinski definition) is 0. The summed E-state index contributed by atoms with van der Waals surface area (Å²) in [6, 6.07) is 61.8. The van der Waals surface area contributed by atoms with Gasteiger partial charge in [-0.1, -0.05) is 139 Å². The van der Waals surface area contributed by atoms with E-state index in [1.807, 2.05) is 30.3 Å². The highest BCUT2D eigenvalue weighted by molar-refractivity contribution is 6.23. The second-order valence-electron chi connectivity index (χ2n) is 12.8. The van der Waals surface area contributed by atoms with Crippen molar-refractivity contribution in [3.05, 3.63) is 199 Å². The molecule has 0 N–H and O–H groups in total. The lowest BCUT2D eigenvalue weighted by Crippen LogP contribution is -2.12. The average Bonchev–Trinajstić information content (AvgIpc) is 3.59. The van der Waals surface area contributed by atoms with Crippen molar-refractivity contribution in [1.29, 1.82) is 0 Å². The summed E-state index contributed by atoms with van der Waals surface area (Å²) in [6.07, 6.45) is 1.97. The van der Waals surface area contributed by atoms with Gasteiger partial charge in [-0.25, -0.2) is 9.98 Å². The lowest BCUT2D eigenvalue weighted by atomic mass is 10.0. The summed E-state index contributed by atoms with van der Waals surface area (Å²) < 4.78 is 4.59. The predicted molar refractivity (Wildman–Crippen MR) is 213 cm³/mol. The molecule has 238 valence electrons. The maximum Gasteiger partial charge on any atom is 0.236 e. The van der Waals surface area contributed by atoms with Gasteiger partial charge in [0, 0.05) is 44.4 Å². The minimum atomic E-state index is 0.586. The summed E-state index contributed by atoms with van der Waals surface area (Å²) in [6.45, 7) is 0. The molecule has 0 bridgehead atoms. The Bertz CT molecular complexity index is 2920. The lowest BCUT2D eigenvalue weighted by molar-refractivity contribution is 1.18. The van der Waals surface area contributed by atoms with E-state index in [2.05, 4.69) is 167 Å². The first-order valence-corrected chi connectivity index (χ1v) is 17.2. The van der Waals surface area contributed by atoms with E-state index < -0.39 is 0 Å². The molecular formula is C47H30N4. The molecule has 10 rings (SSSR count). The molecule has 0 aliphatic carbocycles. The highest BCUT2D eigenvalue weighted by Gasteiger charge is 2.21. The zero-order valence-corrected chi connectivity index (χ0v) is 27.6. The van der Waals surface area contributed by atoms with Crippen LogP contribution >= 0.6 is 0 Å². The number of hydrogen-bond acceptors (Lipinski definition) is 2. The highest BCUT2D eigenvalue weighted by Crippen LogP contribution is 2.39. The molecule has 7 aromatic carbocycles. The first-order chi connectivity index (χ1) is 25.3. The van der Waals surface area contributed by atoms with Crippen LogP contribution in [0, 0.1) is 0 Å². The maximum absolute atomic E-state index is 5.36. The Morgan fingerprint density at radius 3 is 1.63 bits per heavy atom. The van der Waals surface area contributed by atoms with Gasteiger partial charge in [0.15, 0.2) is 0 Å². The molecule has 0 amide bonds. The molecule has 4 heteroatoms. The third-order valence-electron chi connectivity index (χ3n) is 9.77. The fraction of sp³-hybridized carbons (Fsp3) is 0. The minimum absolute atomic E-state index is 0.586. The Morgan fingerprint density at radius 1 is 0.373 bits per heavy atom. The van der Waals surface area contributed by atoms with Gasteiger partial charge in [0.1, 0.15) is 5.70 Å². The second-order valence-corrected chi connectivity index (χ2v) is 12.8. The largest absolute Gasteiger partial charge is 0.309 e. The van der Waals surface area contributed by atoms with Crippen LogP contribution in [0.5, 0.6) is 0 Å². The van der Waals surface area contributed by atoms with E-state index in [0.717, 1.165) is 66.7 Å². The molecule has 0 radical (unpaired) electrons. The van der Waals surface area contributed by atoms with Crippen molar-refractivity contribution in [2.75, 3.05) is 0 Å². The van der Waals surface area contributed by atoms with Crippen molar-refractivity contribution < 1.29 is 0 Å². The van der Waals surface area contributed by atoms with E-state index in [9.17, 15) is 0 Å². The number of para-hydroxylation sites is 3. The molecule has 0 unspecified atom stereocenters. The van der Waals surface area contributed by atoms with Crippen molar-refractivity contribution >= 4 is 61.0 Å². The Morgan fingerprint density at radius 2 is 0.922 bits per heavy atom. The first kappa shape index (κ1) is 29.0. The van der Waals surface area contributed by atoms with Crippen molar-refractivity contribution in [2.45, 2.75) is 0 Å². The van der Waals surface area contributed by atoms with Gasteiger partial charge in [0.25, 0.3) is 0 Å². The van der Waals surface area contributed by atoms with Gasteiger partial charge in [-0.15, -0.1) is 0 Å². The Labute approximate surface area is 294 Å². The highest BCUT2D eigenvalue weighted by atomic mass is 15.2. The van der Waals surface area contributed by atoms with E-state index in [1.54, 1.807) is 0 Å². The molecule has 4 nitrogen and oxygen atoms in total. The number of rotatable bonds is 4. The number of nitrogens with zero attached hydrogens (tertiary/aromatic N) is 4. The van der Waals surface area contributed by atoms with Crippen LogP contribution in [-0.4, -0.2) is 20.8 Å². The third kappa shape index (κ3) is 4.86. The molecule has 3 heterocycles. The number of aliphatic imine (C=N–C) groups is 2. The van der Waals surface area contributed by atoms with E-state index in [1.165, 1.54) is 16.3 Å². The van der Waals surface area contributed by atoms with Crippen molar-refractivity contribution in [3.63, 3.8) is 0 Å². The van der Waals surface area contributed by atoms with E-state index >= 15 is 0 Å². The molecule has 51 heavy (non-hydrogen) atoms. The molecule has 0 saturated heterocycles. The summed E-state index contributed by atoms with van der Waals surface area (Å²) in [5.74, 6) is 0.586. The summed E-state index contributed by atoms with van der Waals surface area (Å²) in [5.41, 5.74) is 14.8. The molecule has 2 aromatic heterocycles. The van der Waals surface area contributed by atoms with Crippen LogP contribution in [0.25, 0.3) is 66.1 Å². The van der Waals surface area contributed by atoms with E-state index in [0.29, 0.717) is 5.96 Å². The SMILES string of the molecule is C1=CC(c2ccccc2)=NC(n2c3ccccc3c3cc4c5ccccc5n(-c5ccccc5)c4cc32)=NC=1c1cccc(-c2ccccc2)c1. The van der Waals surface area contributed by atoms with Gasteiger partial charge in [-0.05, 0) is 53.6 Å². The summed E-state index contributed by atoms with van der Waals surface area (Å²) >= 11 is 0. The normalized spacial score (nSPS) is 13.1. The van der Waals surface area contributed by atoms with E-state index in [-0.39, 0.29) is 0 Å². The average molecular weight is 651 g/mol. The second kappa shape index (κ2) is 11.9. The summed E-state index contributed by atoms with van der Waals surface area (Å²) in [5, 5.41) is 4.74. The molecule has 0 saturated carbocycles. The number of benzene rings is 7. The van der Waals surface area contributed by atoms with Crippen molar-refractivity contribution in [3.8, 4) is 16.8 Å².